The van der Waals surface area contributed by atoms with Crippen LogP contribution in [0.2, 0.25) is 0 Å². The van der Waals surface area contributed by atoms with Crippen molar-refractivity contribution in [1.29, 1.82) is 0 Å². The Morgan fingerprint density at radius 3 is 2.53 bits per heavy atom. The van der Waals surface area contributed by atoms with Gasteiger partial charge in [-0.05, 0) is 17.9 Å². The smallest absolute Gasteiger partial charge is 0.232 e. The van der Waals surface area contributed by atoms with E-state index in [9.17, 15) is 8.42 Å². The predicted octanol–water partition coefficient (Wildman–Crippen LogP) is 2.99. The number of hydrogen-bond acceptors (Lipinski definition) is 2. The second kappa shape index (κ2) is 4.75. The molecule has 90 valence electrons. The topological polar surface area (TPSA) is 46.2 Å². The molecule has 0 unspecified atom stereocenters. The molecule has 0 aliphatic rings. The van der Waals surface area contributed by atoms with Crippen LogP contribution in [0.1, 0.15) is 13.3 Å². The van der Waals surface area contributed by atoms with Crippen molar-refractivity contribution in [3.05, 3.63) is 42.5 Å². The van der Waals surface area contributed by atoms with E-state index in [1.807, 2.05) is 43.3 Å². The summed E-state index contributed by atoms with van der Waals surface area (Å²) in [5.41, 5.74) is 0.650. The molecular weight excluding hydrogens is 234 g/mol. The fraction of sp³-hybridized carbons (Fsp3) is 0.231. The van der Waals surface area contributed by atoms with E-state index >= 15 is 0 Å². The minimum absolute atomic E-state index is 0.149. The Labute approximate surface area is 102 Å². The summed E-state index contributed by atoms with van der Waals surface area (Å²) < 4.78 is 26.1. The van der Waals surface area contributed by atoms with Crippen molar-refractivity contribution in [3.63, 3.8) is 0 Å². The highest BCUT2D eigenvalue weighted by atomic mass is 32.2. The summed E-state index contributed by atoms with van der Waals surface area (Å²) in [6, 6.07) is 13.3. The second-order valence-corrected chi connectivity index (χ2v) is 5.79. The fourth-order valence-electron chi connectivity index (χ4n) is 1.80. The lowest BCUT2D eigenvalue weighted by molar-refractivity contribution is 0.600. The summed E-state index contributed by atoms with van der Waals surface area (Å²) in [6.07, 6.45) is 0.611. The number of hydrogen-bond donors (Lipinski definition) is 1. The summed E-state index contributed by atoms with van der Waals surface area (Å²) >= 11 is 0. The molecule has 0 heterocycles. The highest BCUT2D eigenvalue weighted by Crippen LogP contribution is 2.23. The highest BCUT2D eigenvalue weighted by Gasteiger charge is 2.10. The van der Waals surface area contributed by atoms with Crippen molar-refractivity contribution >= 4 is 26.5 Å². The molecule has 2 aromatic rings. The molecule has 0 aliphatic carbocycles. The normalized spacial score (nSPS) is 11.6. The van der Waals surface area contributed by atoms with Crippen LogP contribution in [0.25, 0.3) is 10.8 Å². The number of benzene rings is 2. The average Bonchev–Trinajstić information content (AvgIpc) is 2.29. The van der Waals surface area contributed by atoms with E-state index in [0.717, 1.165) is 10.8 Å². The van der Waals surface area contributed by atoms with Crippen LogP contribution in [0.15, 0.2) is 42.5 Å². The SMILES string of the molecule is CCCS(=O)(=O)Nc1cccc2ccccc12. The van der Waals surface area contributed by atoms with Crippen LogP contribution in [-0.2, 0) is 10.0 Å². The molecular formula is C13H15NO2S. The lowest BCUT2D eigenvalue weighted by Crippen LogP contribution is -2.16. The van der Waals surface area contributed by atoms with Gasteiger partial charge in [0.1, 0.15) is 0 Å². The van der Waals surface area contributed by atoms with Gasteiger partial charge in [-0.1, -0.05) is 43.3 Å². The van der Waals surface area contributed by atoms with Gasteiger partial charge >= 0.3 is 0 Å². The molecule has 0 aliphatic heterocycles. The molecule has 2 rings (SSSR count). The van der Waals surface area contributed by atoms with Crippen LogP contribution in [0.3, 0.4) is 0 Å². The largest absolute Gasteiger partial charge is 0.283 e. The highest BCUT2D eigenvalue weighted by molar-refractivity contribution is 7.92. The van der Waals surface area contributed by atoms with Crippen molar-refractivity contribution in [2.24, 2.45) is 0 Å². The van der Waals surface area contributed by atoms with E-state index in [1.165, 1.54) is 0 Å². The molecule has 0 bridgehead atoms. The quantitative estimate of drug-likeness (QED) is 0.905. The molecule has 17 heavy (non-hydrogen) atoms. The van der Waals surface area contributed by atoms with Gasteiger partial charge in [0.05, 0.1) is 11.4 Å². The molecule has 1 N–H and O–H groups in total. The van der Waals surface area contributed by atoms with Gasteiger partial charge in [0.2, 0.25) is 10.0 Å². The summed E-state index contributed by atoms with van der Waals surface area (Å²) in [5, 5.41) is 1.96. The third-order valence-corrected chi connectivity index (χ3v) is 4.00. The fourth-order valence-corrected chi connectivity index (χ4v) is 2.95. The van der Waals surface area contributed by atoms with Crippen LogP contribution in [0, 0.1) is 0 Å². The molecule has 0 saturated heterocycles. The van der Waals surface area contributed by atoms with Crippen LogP contribution in [-0.4, -0.2) is 14.2 Å². The first-order chi connectivity index (χ1) is 8.12. The van der Waals surface area contributed by atoms with Crippen molar-refractivity contribution in [2.45, 2.75) is 13.3 Å². The monoisotopic (exact) mass is 249 g/mol. The Balaban J connectivity index is 2.43. The maximum Gasteiger partial charge on any atom is 0.232 e. The van der Waals surface area contributed by atoms with Gasteiger partial charge in [0.15, 0.2) is 0 Å². The van der Waals surface area contributed by atoms with Crippen molar-refractivity contribution < 1.29 is 8.42 Å². The molecule has 2 aromatic carbocycles. The molecule has 0 spiro atoms. The first-order valence-electron chi connectivity index (χ1n) is 5.60. The van der Waals surface area contributed by atoms with Gasteiger partial charge in [0.25, 0.3) is 0 Å². The Morgan fingerprint density at radius 1 is 1.06 bits per heavy atom. The Hall–Kier alpha value is -1.55. The lowest BCUT2D eigenvalue weighted by Gasteiger charge is -2.09. The van der Waals surface area contributed by atoms with E-state index in [4.69, 9.17) is 0 Å². The number of sulfonamides is 1. The van der Waals surface area contributed by atoms with Crippen LogP contribution >= 0.6 is 0 Å². The van der Waals surface area contributed by atoms with E-state index in [1.54, 1.807) is 6.07 Å². The van der Waals surface area contributed by atoms with Crippen molar-refractivity contribution in [2.75, 3.05) is 10.5 Å². The number of nitrogens with one attached hydrogen (secondary N) is 1. The zero-order valence-electron chi connectivity index (χ0n) is 9.68. The van der Waals surface area contributed by atoms with E-state index in [2.05, 4.69) is 4.72 Å². The van der Waals surface area contributed by atoms with Gasteiger partial charge in [-0.25, -0.2) is 8.42 Å². The first kappa shape index (κ1) is 11.9. The maximum absolute atomic E-state index is 11.7. The summed E-state index contributed by atoms with van der Waals surface area (Å²) in [6.45, 7) is 1.85. The molecule has 0 fully saturated rings. The van der Waals surface area contributed by atoms with Gasteiger partial charge < -0.3 is 0 Å². The maximum atomic E-state index is 11.7. The molecule has 0 saturated carbocycles. The lowest BCUT2D eigenvalue weighted by atomic mass is 10.1. The van der Waals surface area contributed by atoms with Crippen LogP contribution in [0.4, 0.5) is 5.69 Å². The van der Waals surface area contributed by atoms with E-state index in [-0.39, 0.29) is 5.75 Å². The standard InChI is InChI=1S/C13H15NO2S/c1-2-10-17(15,16)14-13-9-5-7-11-6-3-4-8-12(11)13/h3-9,14H,2,10H2,1H3. The molecule has 0 radical (unpaired) electrons. The van der Waals surface area contributed by atoms with E-state index in [0.29, 0.717) is 12.1 Å². The summed E-state index contributed by atoms with van der Waals surface area (Å²) in [5.74, 6) is 0.149. The van der Waals surface area contributed by atoms with Gasteiger partial charge in [-0.15, -0.1) is 0 Å². The average molecular weight is 249 g/mol. The minimum Gasteiger partial charge on any atom is -0.283 e. The molecule has 0 atom stereocenters. The minimum atomic E-state index is -3.23. The first-order valence-corrected chi connectivity index (χ1v) is 7.26. The Bertz CT molecular complexity index is 615. The van der Waals surface area contributed by atoms with E-state index < -0.39 is 10.0 Å². The van der Waals surface area contributed by atoms with Gasteiger partial charge in [0, 0.05) is 5.39 Å². The number of fused-ring (bicyclic) bond motifs is 1. The van der Waals surface area contributed by atoms with Crippen LogP contribution < -0.4 is 4.72 Å². The molecule has 4 heteroatoms. The summed E-state index contributed by atoms with van der Waals surface area (Å²) in [4.78, 5) is 0. The Kier molecular flexibility index (Phi) is 3.33. The third-order valence-electron chi connectivity index (χ3n) is 2.53. The van der Waals surface area contributed by atoms with Crippen LogP contribution in [0.5, 0.6) is 0 Å². The second-order valence-electron chi connectivity index (χ2n) is 3.95. The molecule has 0 aromatic heterocycles. The zero-order chi connectivity index (χ0) is 12.3. The summed E-state index contributed by atoms with van der Waals surface area (Å²) in [7, 11) is -3.23. The number of rotatable bonds is 4. The predicted molar refractivity (Wildman–Crippen MR) is 71.6 cm³/mol. The third kappa shape index (κ3) is 2.77. The molecule has 3 nitrogen and oxygen atoms in total. The van der Waals surface area contributed by atoms with Gasteiger partial charge in [-0.2, -0.15) is 0 Å². The zero-order valence-corrected chi connectivity index (χ0v) is 10.5. The van der Waals surface area contributed by atoms with Crippen molar-refractivity contribution in [3.8, 4) is 0 Å². The van der Waals surface area contributed by atoms with Gasteiger partial charge in [-0.3, -0.25) is 4.72 Å². The Morgan fingerprint density at radius 2 is 1.76 bits per heavy atom. The number of anilines is 1. The molecule has 0 amide bonds. The van der Waals surface area contributed by atoms with Crippen molar-refractivity contribution in [1.82, 2.24) is 0 Å².